The molecule has 6 rings (SSSR count). The van der Waals surface area contributed by atoms with E-state index >= 15 is 13.2 Å². The second-order valence-corrected chi connectivity index (χ2v) is 11.6. The molecular formula is C31H27ClF6N6O4. The van der Waals surface area contributed by atoms with Gasteiger partial charge in [-0.2, -0.15) is 18.3 Å². The van der Waals surface area contributed by atoms with Gasteiger partial charge in [-0.15, -0.1) is 0 Å². The molecule has 4 aromatic rings. The van der Waals surface area contributed by atoms with E-state index in [1.807, 2.05) is 12.1 Å². The van der Waals surface area contributed by atoms with Crippen LogP contribution in [0.1, 0.15) is 34.0 Å². The first-order chi connectivity index (χ1) is 22.6. The molecule has 0 unspecified atom stereocenters. The van der Waals surface area contributed by atoms with Gasteiger partial charge in [0, 0.05) is 42.4 Å². The van der Waals surface area contributed by atoms with Crippen LogP contribution < -0.4 is 20.3 Å². The minimum absolute atomic E-state index is 0.0382. The number of ether oxygens (including phenoxy) is 1. The summed E-state index contributed by atoms with van der Waals surface area (Å²) in [4.78, 5) is 27.9. The normalized spacial score (nSPS) is 17.6. The fourth-order valence-electron chi connectivity index (χ4n) is 5.38. The topological polar surface area (TPSA) is 122 Å². The van der Waals surface area contributed by atoms with E-state index in [9.17, 15) is 18.0 Å². The Morgan fingerprint density at radius 1 is 1.15 bits per heavy atom. The van der Waals surface area contributed by atoms with E-state index in [0.29, 0.717) is 18.8 Å². The van der Waals surface area contributed by atoms with Crippen LogP contribution in [-0.2, 0) is 16.8 Å². The minimum atomic E-state index is -5.08. The molecule has 1 atom stereocenters. The van der Waals surface area contributed by atoms with Crippen LogP contribution in [0, 0.1) is 17.5 Å². The molecule has 0 saturated carbocycles. The number of hydrogen-bond donors (Lipinski definition) is 3. The lowest BCUT2D eigenvalue weighted by Crippen LogP contribution is -2.52. The number of carboxylic acids is 1. The number of carbonyl (C=O) groups is 2. The maximum atomic E-state index is 16.2. The zero-order valence-electron chi connectivity index (χ0n) is 25.2. The molecule has 4 heterocycles. The number of aromatic nitrogens is 3. The third-order valence-corrected chi connectivity index (χ3v) is 8.18. The number of methoxy groups -OCH3 is 1. The molecule has 254 valence electrons. The molecular weight excluding hydrogens is 670 g/mol. The van der Waals surface area contributed by atoms with Crippen LogP contribution in [-0.4, -0.2) is 70.7 Å². The first-order valence-electron chi connectivity index (χ1n) is 14.2. The van der Waals surface area contributed by atoms with E-state index < -0.39 is 40.9 Å². The minimum Gasteiger partial charge on any atom is -0.497 e. The van der Waals surface area contributed by atoms with E-state index in [1.54, 1.807) is 32.2 Å². The molecule has 1 amide bonds. The molecule has 17 heteroatoms. The summed E-state index contributed by atoms with van der Waals surface area (Å²) in [5.74, 6) is -5.36. The maximum absolute atomic E-state index is 16.2. The van der Waals surface area contributed by atoms with E-state index in [-0.39, 0.29) is 52.5 Å². The monoisotopic (exact) mass is 696 g/mol. The number of alkyl halides is 3. The van der Waals surface area contributed by atoms with Gasteiger partial charge in [-0.3, -0.25) is 14.4 Å². The molecule has 0 spiro atoms. The fraction of sp³-hybridized carbons (Fsp3) is 0.290. The molecule has 0 aliphatic carbocycles. The van der Waals surface area contributed by atoms with Crippen molar-refractivity contribution in [2.24, 2.45) is 0 Å². The van der Waals surface area contributed by atoms with Crippen LogP contribution in [0.3, 0.4) is 0 Å². The number of carbonyl (C=O) groups excluding carboxylic acids is 1. The first kappa shape index (κ1) is 34.5. The Kier molecular flexibility index (Phi) is 9.60. The SMILES string of the molecule is COc1ccc(Cn2cc(F)c(N3C[C@](C)(c4cccc(Cl)c4F)c4c(cnc(NC5CNC5)c4F)C3=O)n2)cc1.O=C(O)C(F)(F)F. The van der Waals surface area contributed by atoms with Gasteiger partial charge < -0.3 is 20.5 Å². The molecule has 2 aliphatic rings. The predicted octanol–water partition coefficient (Wildman–Crippen LogP) is 5.39. The Bertz CT molecular complexity index is 1850. The van der Waals surface area contributed by atoms with Gasteiger partial charge in [0.15, 0.2) is 23.3 Å². The summed E-state index contributed by atoms with van der Waals surface area (Å²) in [5.41, 5.74) is -0.733. The zero-order valence-corrected chi connectivity index (χ0v) is 26.0. The average Bonchev–Trinajstić information content (AvgIpc) is 3.38. The smallest absolute Gasteiger partial charge is 0.490 e. The predicted molar refractivity (Wildman–Crippen MR) is 162 cm³/mol. The van der Waals surface area contributed by atoms with Crippen molar-refractivity contribution in [3.05, 3.63) is 99.6 Å². The van der Waals surface area contributed by atoms with E-state index in [2.05, 4.69) is 20.7 Å². The Labute approximate surface area is 274 Å². The highest BCUT2D eigenvalue weighted by atomic mass is 35.5. The Balaban J connectivity index is 0.000000582. The number of aliphatic carboxylic acids is 1. The third-order valence-electron chi connectivity index (χ3n) is 7.89. The molecule has 10 nitrogen and oxygen atoms in total. The van der Waals surface area contributed by atoms with E-state index in [0.717, 1.165) is 10.5 Å². The third kappa shape index (κ3) is 6.75. The molecule has 1 fully saturated rings. The number of pyridine rings is 1. The number of nitrogens with one attached hydrogen (secondary N) is 2. The summed E-state index contributed by atoms with van der Waals surface area (Å²) in [6.45, 7) is 2.79. The molecule has 3 N–H and O–H groups in total. The summed E-state index contributed by atoms with van der Waals surface area (Å²) in [7, 11) is 1.56. The number of halogens is 7. The van der Waals surface area contributed by atoms with Crippen molar-refractivity contribution in [3.8, 4) is 5.75 Å². The van der Waals surface area contributed by atoms with Gasteiger partial charge in [0.05, 0.1) is 36.5 Å². The molecule has 2 aromatic heterocycles. The van der Waals surface area contributed by atoms with Gasteiger partial charge in [0.2, 0.25) is 0 Å². The van der Waals surface area contributed by atoms with Crippen LogP contribution in [0.2, 0.25) is 5.02 Å². The molecule has 48 heavy (non-hydrogen) atoms. The Morgan fingerprint density at radius 3 is 2.40 bits per heavy atom. The lowest BCUT2D eigenvalue weighted by molar-refractivity contribution is -0.192. The van der Waals surface area contributed by atoms with Crippen LogP contribution in [0.15, 0.2) is 54.9 Å². The van der Waals surface area contributed by atoms with Crippen molar-refractivity contribution >= 4 is 35.1 Å². The van der Waals surface area contributed by atoms with Crippen molar-refractivity contribution in [3.63, 3.8) is 0 Å². The van der Waals surface area contributed by atoms with Gasteiger partial charge in [-0.1, -0.05) is 35.9 Å². The molecule has 1 saturated heterocycles. The van der Waals surface area contributed by atoms with Gasteiger partial charge in [0.1, 0.15) is 11.6 Å². The van der Waals surface area contributed by atoms with Crippen molar-refractivity contribution in [2.75, 3.05) is 37.0 Å². The summed E-state index contributed by atoms with van der Waals surface area (Å²) in [5, 5.41) is 17.4. The number of fused-ring (bicyclic) bond motifs is 1. The average molecular weight is 697 g/mol. The van der Waals surface area contributed by atoms with Crippen molar-refractivity contribution in [1.29, 1.82) is 0 Å². The highest BCUT2D eigenvalue weighted by Crippen LogP contribution is 2.45. The molecule has 2 aromatic carbocycles. The number of hydrogen-bond acceptors (Lipinski definition) is 7. The zero-order chi connectivity index (χ0) is 35.0. The highest BCUT2D eigenvalue weighted by molar-refractivity contribution is 6.30. The van der Waals surface area contributed by atoms with Crippen LogP contribution in [0.4, 0.5) is 38.0 Å². The lowest BCUT2D eigenvalue weighted by atomic mass is 9.71. The molecule has 0 radical (unpaired) electrons. The van der Waals surface area contributed by atoms with Crippen molar-refractivity contribution < 1.29 is 45.8 Å². The summed E-state index contributed by atoms with van der Waals surface area (Å²) in [6.07, 6.45) is -2.66. The molecule has 2 aliphatic heterocycles. The van der Waals surface area contributed by atoms with Crippen LogP contribution in [0.5, 0.6) is 5.75 Å². The second kappa shape index (κ2) is 13.4. The van der Waals surface area contributed by atoms with E-state index in [1.165, 1.54) is 29.2 Å². The highest BCUT2D eigenvalue weighted by Gasteiger charge is 2.47. The van der Waals surface area contributed by atoms with Gasteiger partial charge in [-0.25, -0.2) is 22.9 Å². The Hall–Kier alpha value is -4.83. The number of nitrogens with zero attached hydrogens (tertiary/aromatic N) is 4. The maximum Gasteiger partial charge on any atom is 0.490 e. The second-order valence-electron chi connectivity index (χ2n) is 11.2. The van der Waals surface area contributed by atoms with Crippen LogP contribution >= 0.6 is 11.6 Å². The van der Waals surface area contributed by atoms with Gasteiger partial charge >= 0.3 is 12.1 Å². The number of carboxylic acid groups (broad SMARTS) is 1. The Morgan fingerprint density at radius 2 is 1.81 bits per heavy atom. The summed E-state index contributed by atoms with van der Waals surface area (Å²) >= 11 is 6.13. The van der Waals surface area contributed by atoms with Crippen molar-refractivity contribution in [1.82, 2.24) is 20.1 Å². The van der Waals surface area contributed by atoms with Gasteiger partial charge in [-0.05, 0) is 30.7 Å². The number of anilines is 2. The van der Waals surface area contributed by atoms with E-state index in [4.69, 9.17) is 26.2 Å². The van der Waals surface area contributed by atoms with Crippen LogP contribution in [0.25, 0.3) is 0 Å². The largest absolute Gasteiger partial charge is 0.497 e. The fourth-order valence-corrected chi connectivity index (χ4v) is 5.55. The van der Waals surface area contributed by atoms with Gasteiger partial charge in [0.25, 0.3) is 5.91 Å². The quantitative estimate of drug-likeness (QED) is 0.220. The number of amides is 1. The van der Waals surface area contributed by atoms with Crippen molar-refractivity contribution in [2.45, 2.75) is 31.1 Å². The first-order valence-corrected chi connectivity index (χ1v) is 14.6. The number of rotatable bonds is 7. The standard InChI is InChI=1S/C29H26ClF3N6O2.C2HF3O2/c1-29(20-4-3-5-21(30)24(20)32)15-39(27-22(31)14-38(37-27)13-16-6-8-18(41-2)9-7-16)28(40)19-12-35-26(25(33)23(19)29)36-17-10-34-11-17;3-2(4,5)1(6)7/h3-9,12,14,17,34H,10-11,13,15H2,1-2H3,(H,35,36);(H,6,7)/t29-;/m1./s1. The summed E-state index contributed by atoms with van der Waals surface area (Å²) in [6, 6.07) is 11.6. The molecule has 0 bridgehead atoms. The summed E-state index contributed by atoms with van der Waals surface area (Å²) < 4.78 is 85.4. The lowest BCUT2D eigenvalue weighted by Gasteiger charge is -2.41. The number of benzene rings is 2.